The number of benzene rings is 1. The van der Waals surface area contributed by atoms with E-state index >= 15 is 0 Å². The number of hydrogen-bond acceptors (Lipinski definition) is 10. The Kier molecular flexibility index (Phi) is 10.7. The number of rotatable bonds is 8. The zero-order chi connectivity index (χ0) is 43.4. The summed E-state index contributed by atoms with van der Waals surface area (Å²) in [5, 5.41) is 59.8. The number of ether oxygens (including phenoxy) is 1. The number of Topliss-reactive ketones (excluding diaryl/α,β-unsaturated/α-hetero) is 2. The van der Waals surface area contributed by atoms with Crippen LogP contribution in [0, 0.1) is 58.2 Å². The lowest BCUT2D eigenvalue weighted by Crippen LogP contribution is -2.63. The summed E-state index contributed by atoms with van der Waals surface area (Å²) >= 11 is 0. The fraction of sp³-hybridized carbons (Fsp3) is 0.667. The van der Waals surface area contributed by atoms with Crippen molar-refractivity contribution in [3.05, 3.63) is 51.8 Å². The summed E-state index contributed by atoms with van der Waals surface area (Å²) in [6, 6.07) is 3.01. The van der Waals surface area contributed by atoms with Crippen molar-refractivity contribution in [1.82, 2.24) is 0 Å². The van der Waals surface area contributed by atoms with Crippen molar-refractivity contribution in [2.75, 3.05) is 5.32 Å². The Labute approximate surface area is 352 Å². The third-order valence-electron chi connectivity index (χ3n) is 17.3. The third-order valence-corrected chi connectivity index (χ3v) is 17.3. The minimum Gasteiger partial charge on any atom is -0.508 e. The lowest BCUT2D eigenvalue weighted by atomic mass is 9.47. The maximum atomic E-state index is 14.0. The van der Waals surface area contributed by atoms with Crippen molar-refractivity contribution in [1.29, 1.82) is 0 Å². The topological polar surface area (TPSA) is 217 Å². The van der Waals surface area contributed by atoms with Crippen molar-refractivity contribution in [2.45, 2.75) is 142 Å². The number of allylic oxidation sites excluding steroid dienone is 1. The van der Waals surface area contributed by atoms with Gasteiger partial charge in [-0.15, -0.1) is 0 Å². The van der Waals surface area contributed by atoms with Gasteiger partial charge in [-0.1, -0.05) is 78.5 Å². The predicted molar refractivity (Wildman–Crippen MR) is 224 cm³/mol. The van der Waals surface area contributed by atoms with E-state index in [0.29, 0.717) is 35.7 Å². The number of carbonyl (C=O) groups is 4. The van der Waals surface area contributed by atoms with Crippen molar-refractivity contribution in [2.24, 2.45) is 63.9 Å². The molecule has 0 bridgehead atoms. The van der Waals surface area contributed by atoms with Crippen LogP contribution in [0.3, 0.4) is 0 Å². The number of amides is 2. The van der Waals surface area contributed by atoms with Crippen molar-refractivity contribution >= 4 is 35.0 Å². The minimum atomic E-state index is -2.93. The summed E-state index contributed by atoms with van der Waals surface area (Å²) in [7, 11) is 0. The van der Waals surface area contributed by atoms with Crippen LogP contribution in [-0.4, -0.2) is 66.9 Å². The first kappa shape index (κ1) is 42.5. The minimum absolute atomic E-state index is 0.0658. The van der Waals surface area contributed by atoms with Crippen LogP contribution in [0.15, 0.2) is 40.7 Å². The van der Waals surface area contributed by atoms with Crippen LogP contribution in [0.2, 0.25) is 0 Å². The number of primary amides is 1. The molecular formula is C48H64N2O10. The Hall–Kier alpha value is -4.16. The molecule has 4 saturated carbocycles. The maximum absolute atomic E-state index is 14.0. The van der Waals surface area contributed by atoms with Gasteiger partial charge in [0.15, 0.2) is 11.4 Å². The zero-order valence-electron chi connectivity index (χ0n) is 35.9. The van der Waals surface area contributed by atoms with E-state index in [4.69, 9.17) is 10.5 Å². The van der Waals surface area contributed by atoms with Crippen LogP contribution < -0.4 is 11.1 Å². The molecule has 0 heterocycles. The number of phenols is 1. The monoisotopic (exact) mass is 828 g/mol. The van der Waals surface area contributed by atoms with E-state index in [2.05, 4.69) is 46.0 Å². The molecule has 0 saturated heterocycles. The molecule has 4 unspecified atom stereocenters. The number of aliphatic hydroxyl groups excluding tert-OH is 3. The molecule has 2 amide bonds. The number of nitrogens with two attached hydrogens (primary N) is 1. The van der Waals surface area contributed by atoms with Crippen molar-refractivity contribution < 1.29 is 49.4 Å². The Bertz CT molecular complexity index is 2100. The van der Waals surface area contributed by atoms with Gasteiger partial charge < -0.3 is 36.0 Å². The van der Waals surface area contributed by atoms with E-state index < -0.39 is 87.9 Å². The molecule has 8 rings (SSSR count). The van der Waals surface area contributed by atoms with Crippen LogP contribution in [0.1, 0.15) is 136 Å². The number of ketones is 2. The summed E-state index contributed by atoms with van der Waals surface area (Å²) in [6.45, 7) is 13.8. The van der Waals surface area contributed by atoms with E-state index in [1.54, 1.807) is 13.0 Å². The van der Waals surface area contributed by atoms with Gasteiger partial charge in [0.1, 0.15) is 28.9 Å². The number of aromatic hydroxyl groups is 1. The average molecular weight is 829 g/mol. The van der Waals surface area contributed by atoms with Gasteiger partial charge in [-0.3, -0.25) is 19.7 Å². The van der Waals surface area contributed by atoms with Gasteiger partial charge in [-0.25, -0.2) is 4.79 Å². The first-order valence-corrected chi connectivity index (χ1v) is 22.4. The predicted octanol–water partition coefficient (Wildman–Crippen LogP) is 7.91. The Morgan fingerprint density at radius 3 is 2.40 bits per heavy atom. The molecule has 1 aromatic rings. The molecule has 326 valence electrons. The lowest BCUT2D eigenvalue weighted by molar-refractivity contribution is -0.160. The van der Waals surface area contributed by atoms with Crippen LogP contribution in [0.5, 0.6) is 5.75 Å². The second-order valence-electron chi connectivity index (χ2n) is 20.6. The lowest BCUT2D eigenvalue weighted by Gasteiger charge is -2.58. The van der Waals surface area contributed by atoms with Crippen molar-refractivity contribution in [3.8, 4) is 5.75 Å². The molecule has 0 radical (unpaired) electrons. The highest BCUT2D eigenvalue weighted by Gasteiger charge is 2.65. The molecule has 13 atom stereocenters. The number of nitrogens with one attached hydrogen (secondary N) is 1. The Morgan fingerprint density at radius 2 is 1.70 bits per heavy atom. The zero-order valence-corrected chi connectivity index (χ0v) is 35.9. The van der Waals surface area contributed by atoms with E-state index in [1.165, 1.54) is 56.6 Å². The molecule has 0 aliphatic heterocycles. The molecule has 0 aromatic heterocycles. The van der Waals surface area contributed by atoms with Crippen LogP contribution in [0.4, 0.5) is 10.5 Å². The standard InChI is InChI=1S/C48H64N2O10/c1-22(2)8-7-9-23(3)29-13-14-30-28-11-10-25-20-26(16-18-46(25,5)31(28)17-19-47(29,30)6)60-45(58)50-33-15-12-27-24(4)35-38(41(54)36(27)40(33)53)43(56)48(59)32(39(35)52)21-34(51)37(42(48)55)44(49)57/h10,12,15,22-24,26,28-32,35,39,52-55,59H,7-9,11,13-14,16-21H2,1-6H3,(H2,49,57)(H,50,58)/t23-,24+,26?,28?,29-,30?,31?,32-,35-,39-,46+,47-,48-/m1/s1. The highest BCUT2D eigenvalue weighted by atomic mass is 16.6. The summed E-state index contributed by atoms with van der Waals surface area (Å²) in [5.74, 6) is -5.19. The first-order valence-electron chi connectivity index (χ1n) is 22.4. The first-order chi connectivity index (χ1) is 28.2. The van der Waals surface area contributed by atoms with Crippen LogP contribution >= 0.6 is 0 Å². The smallest absolute Gasteiger partial charge is 0.412 e. The molecule has 7 aliphatic carbocycles. The molecular weight excluding hydrogens is 765 g/mol. The van der Waals surface area contributed by atoms with E-state index in [1.807, 2.05) is 0 Å². The van der Waals surface area contributed by atoms with Crippen LogP contribution in [0.25, 0.3) is 5.76 Å². The third kappa shape index (κ3) is 6.27. The average Bonchev–Trinajstić information content (AvgIpc) is 3.54. The number of aliphatic hydroxyl groups is 4. The maximum Gasteiger partial charge on any atom is 0.412 e. The SMILES string of the molecule is CC(C)CCC[C@@H](C)[C@H]1CCC2C3CC=C4CC(OC(=O)Nc5ccc6c(c5O)C(O)=C5C(=O)[C@]7(O)C(O)=C(C(N)=O)C(=O)C[C@@H]7[C@@H](O)[C@@H]5[C@H]6C)CC[C@]4(C)C3CC[C@@]21C. The van der Waals surface area contributed by atoms with Gasteiger partial charge >= 0.3 is 6.09 Å². The second-order valence-corrected chi connectivity index (χ2v) is 20.6. The van der Waals surface area contributed by atoms with E-state index in [0.717, 1.165) is 36.5 Å². The van der Waals surface area contributed by atoms with Gasteiger partial charge in [-0.05, 0) is 109 Å². The number of carbonyl (C=O) groups excluding carboxylic acids is 4. The molecule has 4 fully saturated rings. The number of phenolic OH excluding ortho intramolecular Hbond substituents is 1. The summed E-state index contributed by atoms with van der Waals surface area (Å²) in [5.41, 5.74) is 2.81. The van der Waals surface area contributed by atoms with Gasteiger partial charge in [0.05, 0.1) is 17.4 Å². The number of fused-ring (bicyclic) bond motifs is 8. The molecule has 12 heteroatoms. The molecule has 0 spiro atoms. The number of hydrogen-bond donors (Lipinski definition) is 7. The normalized spacial score (nSPS) is 38.8. The van der Waals surface area contributed by atoms with Gasteiger partial charge in [0.2, 0.25) is 5.78 Å². The molecule has 12 nitrogen and oxygen atoms in total. The molecule has 8 N–H and O–H groups in total. The molecule has 1 aromatic carbocycles. The van der Waals surface area contributed by atoms with Crippen molar-refractivity contribution in [3.63, 3.8) is 0 Å². The van der Waals surface area contributed by atoms with E-state index in [9.17, 15) is 44.7 Å². The van der Waals surface area contributed by atoms with E-state index in [-0.39, 0.29) is 22.8 Å². The van der Waals surface area contributed by atoms with Gasteiger partial charge in [0, 0.05) is 30.3 Å². The summed E-state index contributed by atoms with van der Waals surface area (Å²) in [4.78, 5) is 52.3. The fourth-order valence-corrected chi connectivity index (χ4v) is 14.1. The Morgan fingerprint density at radius 1 is 0.967 bits per heavy atom. The van der Waals surface area contributed by atoms with Gasteiger partial charge in [0.25, 0.3) is 5.91 Å². The fourth-order valence-electron chi connectivity index (χ4n) is 14.1. The number of anilines is 1. The molecule has 60 heavy (non-hydrogen) atoms. The Balaban J connectivity index is 0.968. The highest BCUT2D eigenvalue weighted by Crippen LogP contribution is 2.67. The summed E-state index contributed by atoms with van der Waals surface area (Å²) < 4.78 is 5.99. The highest BCUT2D eigenvalue weighted by molar-refractivity contribution is 6.23. The quantitative estimate of drug-likeness (QED) is 0.0763. The van der Waals surface area contributed by atoms with Gasteiger partial charge in [-0.2, -0.15) is 0 Å². The summed E-state index contributed by atoms with van der Waals surface area (Å²) in [6.07, 6.45) is 11.5. The second kappa shape index (κ2) is 15.0. The van der Waals surface area contributed by atoms with Crippen LogP contribution in [-0.2, 0) is 19.1 Å². The largest absolute Gasteiger partial charge is 0.508 e. The molecule has 7 aliphatic rings.